The van der Waals surface area contributed by atoms with E-state index < -0.39 is 0 Å². The fraction of sp³-hybridized carbons (Fsp3) is 0.571. The number of benzene rings is 1. The van der Waals surface area contributed by atoms with Gasteiger partial charge < -0.3 is 20.1 Å². The van der Waals surface area contributed by atoms with Gasteiger partial charge in [-0.15, -0.1) is 0 Å². The molecule has 0 saturated heterocycles. The normalized spacial score (nSPS) is 10.7. The van der Waals surface area contributed by atoms with Gasteiger partial charge in [0.15, 0.2) is 0 Å². The predicted molar refractivity (Wildman–Crippen MR) is 80.2 cm³/mol. The summed E-state index contributed by atoms with van der Waals surface area (Å²) in [6.07, 6.45) is 0.801. The topological polar surface area (TPSA) is 47.7 Å². The van der Waals surface area contributed by atoms with Crippen molar-refractivity contribution in [2.75, 3.05) is 52.0 Å². The minimum atomic E-state index is 0.607. The fourth-order valence-electron chi connectivity index (χ4n) is 1.86. The number of ether oxygens (including phenoxy) is 2. The molecule has 0 spiro atoms. The maximum absolute atomic E-state index is 6.28. The molecule has 19 heavy (non-hydrogen) atoms. The van der Waals surface area contributed by atoms with Crippen molar-refractivity contribution < 1.29 is 9.47 Å². The molecule has 2 N–H and O–H groups in total. The Hall–Kier alpha value is -0.810. The van der Waals surface area contributed by atoms with Crippen LogP contribution in [0.5, 0.6) is 0 Å². The third kappa shape index (κ3) is 5.37. The summed E-state index contributed by atoms with van der Waals surface area (Å²) in [6, 6.07) is 6.09. The molecule has 4 nitrogen and oxygen atoms in total. The van der Waals surface area contributed by atoms with Crippen LogP contribution in [0.25, 0.3) is 0 Å². The van der Waals surface area contributed by atoms with Crippen LogP contribution in [0.1, 0.15) is 5.56 Å². The highest BCUT2D eigenvalue weighted by Crippen LogP contribution is 2.24. The molecule has 0 aliphatic heterocycles. The Balaban J connectivity index is 2.79. The first-order valence-electron chi connectivity index (χ1n) is 6.44. The van der Waals surface area contributed by atoms with Gasteiger partial charge in [0, 0.05) is 38.0 Å². The molecule has 0 heterocycles. The fourth-order valence-corrected chi connectivity index (χ4v) is 2.13. The van der Waals surface area contributed by atoms with Crippen LogP contribution < -0.4 is 10.6 Å². The van der Waals surface area contributed by atoms with E-state index in [-0.39, 0.29) is 0 Å². The predicted octanol–water partition coefficient (Wildman–Crippen LogP) is 1.94. The summed E-state index contributed by atoms with van der Waals surface area (Å²) < 4.78 is 10.3. The van der Waals surface area contributed by atoms with Crippen molar-refractivity contribution in [3.05, 3.63) is 28.8 Å². The first kappa shape index (κ1) is 16.2. The molecule has 0 amide bonds. The van der Waals surface area contributed by atoms with Crippen LogP contribution in [0.15, 0.2) is 18.2 Å². The quantitative estimate of drug-likeness (QED) is 0.754. The van der Waals surface area contributed by atoms with E-state index in [0.717, 1.165) is 35.8 Å². The van der Waals surface area contributed by atoms with Crippen LogP contribution in [0, 0.1) is 0 Å². The van der Waals surface area contributed by atoms with Gasteiger partial charge in [-0.3, -0.25) is 0 Å². The van der Waals surface area contributed by atoms with E-state index in [4.69, 9.17) is 26.8 Å². The minimum Gasteiger partial charge on any atom is -0.383 e. The van der Waals surface area contributed by atoms with Crippen molar-refractivity contribution in [2.24, 2.45) is 5.73 Å². The molecule has 108 valence electrons. The van der Waals surface area contributed by atoms with Crippen molar-refractivity contribution >= 4 is 17.3 Å². The largest absolute Gasteiger partial charge is 0.383 e. The molecule has 0 atom stereocenters. The monoisotopic (exact) mass is 286 g/mol. The molecule has 1 aromatic carbocycles. The van der Waals surface area contributed by atoms with Crippen LogP contribution in [0.4, 0.5) is 5.69 Å². The number of nitrogens with zero attached hydrogens (tertiary/aromatic N) is 1. The van der Waals surface area contributed by atoms with Crippen molar-refractivity contribution in [3.63, 3.8) is 0 Å². The molecule has 0 radical (unpaired) electrons. The smallest absolute Gasteiger partial charge is 0.0637 e. The van der Waals surface area contributed by atoms with Crippen molar-refractivity contribution in [1.82, 2.24) is 0 Å². The van der Waals surface area contributed by atoms with Gasteiger partial charge in [-0.05, 0) is 30.7 Å². The third-order valence-electron chi connectivity index (χ3n) is 2.95. The lowest BCUT2D eigenvalue weighted by atomic mass is 10.1. The lowest BCUT2D eigenvalue weighted by molar-refractivity contribution is 0.190. The average Bonchev–Trinajstić information content (AvgIpc) is 2.41. The Bertz CT molecular complexity index is 366. The molecule has 5 heteroatoms. The van der Waals surface area contributed by atoms with Gasteiger partial charge in [0.1, 0.15) is 0 Å². The number of anilines is 1. The van der Waals surface area contributed by atoms with Gasteiger partial charge in [0.2, 0.25) is 0 Å². The highest BCUT2D eigenvalue weighted by atomic mass is 35.5. The van der Waals surface area contributed by atoms with Crippen molar-refractivity contribution in [2.45, 2.75) is 6.42 Å². The number of halogens is 1. The number of rotatable bonds is 9. The first-order chi connectivity index (χ1) is 9.22. The second kappa shape index (κ2) is 9.15. The van der Waals surface area contributed by atoms with E-state index in [1.54, 1.807) is 14.2 Å². The summed E-state index contributed by atoms with van der Waals surface area (Å²) in [5.41, 5.74) is 7.73. The van der Waals surface area contributed by atoms with Gasteiger partial charge in [-0.1, -0.05) is 17.7 Å². The summed E-state index contributed by atoms with van der Waals surface area (Å²) in [5, 5.41) is 0.766. The van der Waals surface area contributed by atoms with E-state index in [1.165, 1.54) is 0 Å². The highest BCUT2D eigenvalue weighted by molar-refractivity contribution is 6.31. The van der Waals surface area contributed by atoms with E-state index in [1.807, 2.05) is 12.1 Å². The first-order valence-corrected chi connectivity index (χ1v) is 6.82. The maximum atomic E-state index is 6.28. The summed E-state index contributed by atoms with van der Waals surface area (Å²) in [7, 11) is 3.40. The number of hydrogen-bond donors (Lipinski definition) is 1. The van der Waals surface area contributed by atoms with E-state index in [2.05, 4.69) is 11.0 Å². The molecule has 1 rings (SSSR count). The molecule has 0 aromatic heterocycles. The van der Waals surface area contributed by atoms with Crippen LogP contribution in [-0.4, -0.2) is 47.1 Å². The van der Waals surface area contributed by atoms with E-state index >= 15 is 0 Å². The molecule has 0 saturated carbocycles. The zero-order chi connectivity index (χ0) is 14.1. The molecule has 0 aliphatic carbocycles. The lowest BCUT2D eigenvalue weighted by Gasteiger charge is -2.24. The van der Waals surface area contributed by atoms with E-state index in [9.17, 15) is 0 Å². The van der Waals surface area contributed by atoms with Crippen LogP contribution in [0.3, 0.4) is 0 Å². The summed E-state index contributed by atoms with van der Waals surface area (Å²) in [4.78, 5) is 2.20. The summed E-state index contributed by atoms with van der Waals surface area (Å²) in [5.74, 6) is 0. The number of methoxy groups -OCH3 is 2. The second-order valence-electron chi connectivity index (χ2n) is 4.29. The molecule has 0 bridgehead atoms. The van der Waals surface area contributed by atoms with E-state index in [0.29, 0.717) is 19.8 Å². The Kier molecular flexibility index (Phi) is 7.82. The van der Waals surface area contributed by atoms with Crippen molar-refractivity contribution in [3.8, 4) is 0 Å². The van der Waals surface area contributed by atoms with Gasteiger partial charge in [0.05, 0.1) is 13.2 Å². The number of hydrogen-bond acceptors (Lipinski definition) is 4. The Morgan fingerprint density at radius 2 is 1.79 bits per heavy atom. The lowest BCUT2D eigenvalue weighted by Crippen LogP contribution is -2.30. The zero-order valence-electron chi connectivity index (χ0n) is 11.7. The third-order valence-corrected chi connectivity index (χ3v) is 3.30. The molecular formula is C14H23ClN2O2. The average molecular weight is 287 g/mol. The van der Waals surface area contributed by atoms with Gasteiger partial charge in [0.25, 0.3) is 0 Å². The Morgan fingerprint density at radius 3 is 2.26 bits per heavy atom. The molecular weight excluding hydrogens is 264 g/mol. The molecule has 0 unspecified atom stereocenters. The minimum absolute atomic E-state index is 0.607. The summed E-state index contributed by atoms with van der Waals surface area (Å²) >= 11 is 6.28. The highest BCUT2D eigenvalue weighted by Gasteiger charge is 2.08. The van der Waals surface area contributed by atoms with Crippen LogP contribution >= 0.6 is 11.6 Å². The van der Waals surface area contributed by atoms with Gasteiger partial charge in [-0.2, -0.15) is 0 Å². The van der Waals surface area contributed by atoms with Gasteiger partial charge in [-0.25, -0.2) is 0 Å². The van der Waals surface area contributed by atoms with Crippen LogP contribution in [-0.2, 0) is 15.9 Å². The Labute approximate surface area is 120 Å². The Morgan fingerprint density at radius 1 is 1.16 bits per heavy atom. The van der Waals surface area contributed by atoms with Crippen molar-refractivity contribution in [1.29, 1.82) is 0 Å². The second-order valence-corrected chi connectivity index (χ2v) is 4.69. The molecule has 0 fully saturated rings. The SMILES string of the molecule is COCCN(CCOC)c1ccc(CCN)c(Cl)c1. The standard InChI is InChI=1S/C14H23ClN2O2/c1-18-9-7-17(8-10-19-2)13-4-3-12(5-6-16)14(15)11-13/h3-4,11H,5-10,16H2,1-2H3. The molecule has 1 aromatic rings. The number of nitrogens with two attached hydrogens (primary N) is 1. The zero-order valence-corrected chi connectivity index (χ0v) is 12.4. The van der Waals surface area contributed by atoms with Gasteiger partial charge >= 0.3 is 0 Å². The summed E-state index contributed by atoms with van der Waals surface area (Å²) in [6.45, 7) is 3.58. The maximum Gasteiger partial charge on any atom is 0.0637 e. The van der Waals surface area contributed by atoms with Crippen LogP contribution in [0.2, 0.25) is 5.02 Å². The molecule has 0 aliphatic rings.